The number of carbonyl (C=O) groups excluding carboxylic acids is 2. The van der Waals surface area contributed by atoms with Crippen LogP contribution in [0.15, 0.2) is 36.5 Å². The van der Waals surface area contributed by atoms with Crippen molar-refractivity contribution >= 4 is 23.7 Å². The monoisotopic (exact) mass is 616 g/mol. The molecule has 0 spiro atoms. The van der Waals surface area contributed by atoms with Crippen molar-refractivity contribution in [2.75, 3.05) is 44.6 Å². The number of nitrogens with one attached hydrogen (secondary N) is 1. The Kier molecular flexibility index (Phi) is 9.31. The third-order valence-electron chi connectivity index (χ3n) is 10.8. The fraction of sp³-hybridized carbons (Fsp3) is 0.600. The van der Waals surface area contributed by atoms with Crippen molar-refractivity contribution < 1.29 is 19.5 Å². The second-order valence-electron chi connectivity index (χ2n) is 13.4. The molecule has 4 amide bonds. The van der Waals surface area contributed by atoms with Crippen molar-refractivity contribution in [3.8, 4) is 0 Å². The maximum absolute atomic E-state index is 15.0. The molecule has 10 heteroatoms. The molecule has 0 bridgehead atoms. The number of carbonyl (C=O) groups is 3. The van der Waals surface area contributed by atoms with Crippen LogP contribution >= 0.6 is 0 Å². The first-order chi connectivity index (χ1) is 21.8. The highest BCUT2D eigenvalue weighted by Gasteiger charge is 2.57. The van der Waals surface area contributed by atoms with E-state index in [1.807, 2.05) is 55.3 Å². The lowest BCUT2D eigenvalue weighted by Crippen LogP contribution is -2.72. The molecule has 3 saturated heterocycles. The second-order valence-corrected chi connectivity index (χ2v) is 13.4. The molecular formula is C35H48N6O4. The topological polar surface area (TPSA) is 109 Å². The van der Waals surface area contributed by atoms with Crippen molar-refractivity contribution in [1.82, 2.24) is 24.6 Å². The second kappa shape index (κ2) is 13.4. The van der Waals surface area contributed by atoms with Gasteiger partial charge in [0.1, 0.15) is 5.66 Å². The zero-order valence-corrected chi connectivity index (χ0v) is 26.8. The summed E-state index contributed by atoms with van der Waals surface area (Å²) < 4.78 is 0. The molecule has 2 N–H and O–H groups in total. The van der Waals surface area contributed by atoms with E-state index in [0.717, 1.165) is 60.4 Å². The predicted molar refractivity (Wildman–Crippen MR) is 173 cm³/mol. The maximum atomic E-state index is 15.0. The Labute approximate surface area is 266 Å². The predicted octanol–water partition coefficient (Wildman–Crippen LogP) is 5.28. The molecule has 0 aliphatic carbocycles. The van der Waals surface area contributed by atoms with Gasteiger partial charge in [-0.2, -0.15) is 0 Å². The van der Waals surface area contributed by atoms with E-state index in [-0.39, 0.29) is 24.9 Å². The third-order valence-corrected chi connectivity index (χ3v) is 10.8. The van der Waals surface area contributed by atoms with Gasteiger partial charge in [-0.25, -0.2) is 9.59 Å². The largest absolute Gasteiger partial charge is 0.465 e. The normalized spacial score (nSPS) is 24.0. The molecule has 1 unspecified atom stereocenters. The minimum Gasteiger partial charge on any atom is -0.465 e. The number of rotatable bonds is 6. The van der Waals surface area contributed by atoms with Gasteiger partial charge in [-0.15, -0.1) is 0 Å². The highest BCUT2D eigenvalue weighted by molar-refractivity contribution is 5.93. The van der Waals surface area contributed by atoms with Crippen molar-refractivity contribution in [1.29, 1.82) is 0 Å². The summed E-state index contributed by atoms with van der Waals surface area (Å²) in [5.41, 5.74) is 3.26. The molecule has 1 aromatic carbocycles. The third kappa shape index (κ3) is 6.26. The van der Waals surface area contributed by atoms with E-state index in [4.69, 9.17) is 4.98 Å². The van der Waals surface area contributed by atoms with Crippen LogP contribution < -0.4 is 5.32 Å². The number of para-hydroxylation sites is 1. The first-order valence-corrected chi connectivity index (χ1v) is 16.9. The summed E-state index contributed by atoms with van der Waals surface area (Å²) in [5, 5.41) is 13.8. The molecule has 1 aromatic heterocycles. The van der Waals surface area contributed by atoms with E-state index in [9.17, 15) is 19.5 Å². The number of nitrogens with zero attached hydrogens (tertiary/aromatic N) is 5. The Hall–Kier alpha value is -3.66. The van der Waals surface area contributed by atoms with Crippen LogP contribution in [0.2, 0.25) is 0 Å². The van der Waals surface area contributed by atoms with Crippen molar-refractivity contribution in [3.63, 3.8) is 0 Å². The smallest absolute Gasteiger partial charge is 0.409 e. The fourth-order valence-electron chi connectivity index (χ4n) is 8.23. The van der Waals surface area contributed by atoms with Gasteiger partial charge in [-0.05, 0) is 107 Å². The SMILES string of the molecule is Cc1cnc(CC(C(=O)N2CCC(N3CCCCC3)CC2)[C@@]2(N3CCc4ccccc4NC3=O)CCCCN2C(=O)O)cc1C. The Morgan fingerprint density at radius 3 is 2.44 bits per heavy atom. The molecule has 45 heavy (non-hydrogen) atoms. The van der Waals surface area contributed by atoms with Crippen molar-refractivity contribution in [2.45, 2.75) is 89.8 Å². The number of fused-ring (bicyclic) bond motifs is 1. The van der Waals surface area contributed by atoms with E-state index in [1.165, 1.54) is 24.2 Å². The van der Waals surface area contributed by atoms with E-state index in [2.05, 4.69) is 10.2 Å². The van der Waals surface area contributed by atoms with Crippen LogP contribution in [0, 0.1) is 19.8 Å². The summed E-state index contributed by atoms with van der Waals surface area (Å²) in [7, 11) is 0. The van der Waals surface area contributed by atoms with E-state index < -0.39 is 17.7 Å². The Bertz CT molecular complexity index is 1400. The highest BCUT2D eigenvalue weighted by Crippen LogP contribution is 2.43. The lowest BCUT2D eigenvalue weighted by atomic mass is 9.77. The Balaban J connectivity index is 1.39. The van der Waals surface area contributed by atoms with Crippen molar-refractivity contribution in [3.05, 3.63) is 58.9 Å². The quantitative estimate of drug-likeness (QED) is 0.457. The number of pyridine rings is 1. The summed E-state index contributed by atoms with van der Waals surface area (Å²) >= 11 is 0. The number of aryl methyl sites for hydroxylation is 2. The molecule has 5 heterocycles. The average Bonchev–Trinajstić information content (AvgIpc) is 3.23. The van der Waals surface area contributed by atoms with Crippen LogP contribution in [0.25, 0.3) is 0 Å². The Morgan fingerprint density at radius 1 is 0.978 bits per heavy atom. The number of amides is 4. The van der Waals surface area contributed by atoms with Gasteiger partial charge in [0.15, 0.2) is 0 Å². The number of piperidine rings is 3. The van der Waals surface area contributed by atoms with Gasteiger partial charge in [-0.3, -0.25) is 19.6 Å². The average molecular weight is 617 g/mol. The molecule has 0 saturated carbocycles. The van der Waals surface area contributed by atoms with E-state index >= 15 is 0 Å². The number of hydrogen-bond donors (Lipinski definition) is 2. The Morgan fingerprint density at radius 2 is 1.71 bits per heavy atom. The molecular weight excluding hydrogens is 568 g/mol. The van der Waals surface area contributed by atoms with Gasteiger partial charge in [0.2, 0.25) is 5.91 Å². The molecule has 4 aliphatic rings. The van der Waals surface area contributed by atoms with Gasteiger partial charge in [0, 0.05) is 56.2 Å². The molecule has 10 nitrogen and oxygen atoms in total. The lowest BCUT2D eigenvalue weighted by Gasteiger charge is -2.55. The maximum Gasteiger partial charge on any atom is 0.409 e. The molecule has 0 radical (unpaired) electrons. The first-order valence-electron chi connectivity index (χ1n) is 16.9. The molecule has 6 rings (SSSR count). The first kappa shape index (κ1) is 31.3. The van der Waals surface area contributed by atoms with Crippen LogP contribution in [0.4, 0.5) is 15.3 Å². The lowest BCUT2D eigenvalue weighted by molar-refractivity contribution is -0.153. The number of urea groups is 1. The number of aromatic nitrogens is 1. The summed E-state index contributed by atoms with van der Waals surface area (Å²) in [6.45, 7) is 8.15. The molecule has 3 fully saturated rings. The standard InChI is InChI=1S/C35H48N6O4/c1-25-22-28(36-24-26(25)2)23-30(32(42)39-19-13-29(14-20-39)38-16-7-3-8-17-38)35(15-6-9-18-41(35)34(44)45)40-21-12-27-10-4-5-11-31(27)37-33(40)43/h4-5,10-11,22,24,29-30H,3,6-9,12-21,23H2,1-2H3,(H,37,43)(H,44,45)/t30?,35-/m1/s1. The number of hydrogen-bond acceptors (Lipinski definition) is 5. The van der Waals surface area contributed by atoms with Crippen LogP contribution in [0.3, 0.4) is 0 Å². The summed E-state index contributed by atoms with van der Waals surface area (Å²) in [6, 6.07) is 9.85. The van der Waals surface area contributed by atoms with E-state index in [1.54, 1.807) is 4.90 Å². The van der Waals surface area contributed by atoms with Gasteiger partial charge in [0.05, 0.1) is 5.92 Å². The molecule has 242 valence electrons. The summed E-state index contributed by atoms with van der Waals surface area (Å²) in [5.74, 6) is -0.878. The minimum atomic E-state index is -1.35. The zero-order valence-electron chi connectivity index (χ0n) is 26.8. The molecule has 2 atom stereocenters. The zero-order chi connectivity index (χ0) is 31.6. The van der Waals surface area contributed by atoms with Crippen LogP contribution in [0.5, 0.6) is 0 Å². The highest BCUT2D eigenvalue weighted by atomic mass is 16.4. The number of carboxylic acid groups (broad SMARTS) is 1. The fourth-order valence-corrected chi connectivity index (χ4v) is 8.23. The minimum absolute atomic E-state index is 0.0742. The number of likely N-dealkylation sites (tertiary alicyclic amines) is 3. The van der Waals surface area contributed by atoms with Crippen LogP contribution in [-0.4, -0.2) is 98.7 Å². The summed E-state index contributed by atoms with van der Waals surface area (Å²) in [4.78, 5) is 54.6. The molecule has 2 aromatic rings. The number of anilines is 1. The van der Waals surface area contributed by atoms with Crippen LogP contribution in [0.1, 0.15) is 73.8 Å². The van der Waals surface area contributed by atoms with Crippen LogP contribution in [-0.2, 0) is 17.6 Å². The van der Waals surface area contributed by atoms with Gasteiger partial charge >= 0.3 is 12.1 Å². The van der Waals surface area contributed by atoms with Gasteiger partial charge < -0.3 is 20.2 Å². The van der Waals surface area contributed by atoms with Gasteiger partial charge in [-0.1, -0.05) is 24.6 Å². The molecule has 4 aliphatic heterocycles. The summed E-state index contributed by atoms with van der Waals surface area (Å²) in [6.07, 6.45) is 8.95. The van der Waals surface area contributed by atoms with E-state index in [0.29, 0.717) is 44.9 Å². The van der Waals surface area contributed by atoms with Crippen molar-refractivity contribution in [2.24, 2.45) is 5.92 Å². The number of benzene rings is 1. The van der Waals surface area contributed by atoms with Gasteiger partial charge in [0.25, 0.3) is 0 Å².